The molecular weight excluding hydrogens is 578 g/mol. The molecule has 3 aromatic carbocycles. The molecule has 11 nitrogen and oxygen atoms in total. The van der Waals surface area contributed by atoms with Gasteiger partial charge in [0, 0.05) is 23.6 Å². The molecule has 11 heteroatoms. The molecule has 0 bridgehead atoms. The Morgan fingerprint density at radius 1 is 0.867 bits per heavy atom. The van der Waals surface area contributed by atoms with Crippen molar-refractivity contribution in [2.75, 3.05) is 16.9 Å². The number of phenolic OH excluding ortho intramolecular Hbond substituents is 1. The molecule has 4 aliphatic rings. The highest BCUT2D eigenvalue weighted by Crippen LogP contribution is 2.64. The molecule has 3 aromatic rings. The number of fused-ring (bicyclic) bond motifs is 4. The van der Waals surface area contributed by atoms with E-state index in [-0.39, 0.29) is 35.7 Å². The van der Waals surface area contributed by atoms with Crippen molar-refractivity contribution in [1.29, 1.82) is 0 Å². The minimum atomic E-state index is -1.31. The molecule has 2 heterocycles. The molecule has 0 aromatic heterocycles. The van der Waals surface area contributed by atoms with E-state index in [1.54, 1.807) is 55.5 Å². The molecule has 2 saturated heterocycles. The summed E-state index contributed by atoms with van der Waals surface area (Å²) in [5.41, 5.74) is 0.312. The zero-order valence-corrected chi connectivity index (χ0v) is 24.5. The SMILES string of the molecule is COc1cccc(C2C3=CCC4C(=O)N(c5ccc([N+](=O)[O-])cc5)C(=O)C4C3CC3C(=O)N(c4ccccc4)C(=O)C32C)c1O. The number of ether oxygens (including phenoxy) is 1. The number of anilines is 2. The molecule has 2 aliphatic heterocycles. The van der Waals surface area contributed by atoms with E-state index in [0.717, 1.165) is 10.5 Å². The van der Waals surface area contributed by atoms with Crippen molar-refractivity contribution in [2.24, 2.45) is 29.1 Å². The highest BCUT2D eigenvalue weighted by Gasteiger charge is 2.68. The number of carbonyl (C=O) groups is 4. The fourth-order valence-electron chi connectivity index (χ4n) is 8.10. The number of nitrogens with zero attached hydrogens (tertiary/aromatic N) is 3. The number of non-ortho nitro benzene ring substituents is 1. The Hall–Kier alpha value is -5.32. The fraction of sp³-hybridized carbons (Fsp3) is 0.294. The van der Waals surface area contributed by atoms with E-state index in [1.165, 1.54) is 36.3 Å². The van der Waals surface area contributed by atoms with Crippen molar-refractivity contribution >= 4 is 40.7 Å². The lowest BCUT2D eigenvalue weighted by Gasteiger charge is -2.49. The predicted molar refractivity (Wildman–Crippen MR) is 161 cm³/mol. The molecule has 1 N–H and O–H groups in total. The van der Waals surface area contributed by atoms with Gasteiger partial charge in [-0.2, -0.15) is 0 Å². The maximum Gasteiger partial charge on any atom is 0.269 e. The summed E-state index contributed by atoms with van der Waals surface area (Å²) in [5.74, 6) is -5.37. The number of phenols is 1. The van der Waals surface area contributed by atoms with E-state index in [2.05, 4.69) is 0 Å². The maximum absolute atomic E-state index is 14.4. The molecule has 0 radical (unpaired) electrons. The first-order valence-corrected chi connectivity index (χ1v) is 14.7. The van der Waals surface area contributed by atoms with Crippen LogP contribution >= 0.6 is 0 Å². The van der Waals surface area contributed by atoms with Gasteiger partial charge in [-0.3, -0.25) is 34.2 Å². The highest BCUT2D eigenvalue weighted by molar-refractivity contribution is 6.25. The van der Waals surface area contributed by atoms with Gasteiger partial charge in [-0.1, -0.05) is 42.0 Å². The van der Waals surface area contributed by atoms with Crippen LogP contribution in [0.15, 0.2) is 84.4 Å². The molecule has 7 rings (SSSR count). The largest absolute Gasteiger partial charge is 0.504 e. The molecule has 228 valence electrons. The van der Waals surface area contributed by atoms with Gasteiger partial charge in [0.2, 0.25) is 23.6 Å². The van der Waals surface area contributed by atoms with Crippen LogP contribution in [-0.2, 0) is 19.2 Å². The number of hydrogen-bond donors (Lipinski definition) is 1. The van der Waals surface area contributed by atoms with Crippen LogP contribution in [0.25, 0.3) is 0 Å². The Bertz CT molecular complexity index is 1820. The van der Waals surface area contributed by atoms with E-state index in [4.69, 9.17) is 4.74 Å². The van der Waals surface area contributed by atoms with Gasteiger partial charge in [-0.05, 0) is 56.0 Å². The Balaban J connectivity index is 1.36. The van der Waals surface area contributed by atoms with Gasteiger partial charge < -0.3 is 9.84 Å². The number of benzene rings is 3. The Kier molecular flexibility index (Phi) is 6.40. The highest BCUT2D eigenvalue weighted by atomic mass is 16.6. The molecule has 0 spiro atoms. The van der Waals surface area contributed by atoms with Crippen LogP contribution in [-0.4, -0.2) is 40.8 Å². The standard InChI is InChI=1S/C34H29N3O8/c1-34-25(31(40)36(33(34)42)18-7-4-3-5-8-18)17-24-21(28(34)23-9-6-10-26(45-2)29(23)38)15-16-22-27(24)32(41)35(30(22)39)19-11-13-20(14-12-19)37(43)44/h3-15,22,24-25,27-28,38H,16-17H2,1-2H3. The number of aromatic hydroxyl groups is 1. The third-order valence-corrected chi connectivity index (χ3v) is 10.2. The van der Waals surface area contributed by atoms with E-state index < -0.39 is 63.6 Å². The number of para-hydroxylation sites is 2. The second-order valence-electron chi connectivity index (χ2n) is 12.2. The van der Waals surface area contributed by atoms with Gasteiger partial charge in [0.15, 0.2) is 11.5 Å². The third kappa shape index (κ3) is 3.89. The van der Waals surface area contributed by atoms with Crippen LogP contribution in [0.4, 0.5) is 17.1 Å². The zero-order valence-electron chi connectivity index (χ0n) is 24.5. The summed E-state index contributed by atoms with van der Waals surface area (Å²) in [6, 6.07) is 18.9. The van der Waals surface area contributed by atoms with E-state index >= 15 is 0 Å². The lowest BCUT2D eigenvalue weighted by Crippen LogP contribution is -2.48. The average molecular weight is 608 g/mol. The molecule has 4 amide bonds. The number of nitro benzene ring substituents is 1. The first-order valence-electron chi connectivity index (χ1n) is 14.7. The van der Waals surface area contributed by atoms with Crippen molar-refractivity contribution in [2.45, 2.75) is 25.7 Å². The van der Waals surface area contributed by atoms with Crippen LogP contribution in [0.3, 0.4) is 0 Å². The van der Waals surface area contributed by atoms with Crippen molar-refractivity contribution in [3.8, 4) is 11.5 Å². The normalized spacial score (nSPS) is 28.8. The topological polar surface area (TPSA) is 147 Å². The van der Waals surface area contributed by atoms with Crippen molar-refractivity contribution < 1.29 is 33.9 Å². The number of rotatable bonds is 5. The molecule has 45 heavy (non-hydrogen) atoms. The van der Waals surface area contributed by atoms with Gasteiger partial charge in [-0.15, -0.1) is 0 Å². The quantitative estimate of drug-likeness (QED) is 0.189. The van der Waals surface area contributed by atoms with Gasteiger partial charge in [0.25, 0.3) is 5.69 Å². The van der Waals surface area contributed by atoms with Gasteiger partial charge in [0.05, 0.1) is 46.6 Å². The van der Waals surface area contributed by atoms with Crippen LogP contribution in [0.2, 0.25) is 0 Å². The number of methoxy groups -OCH3 is 1. The number of carbonyl (C=O) groups excluding carboxylic acids is 4. The van der Waals surface area contributed by atoms with Crippen LogP contribution in [0.5, 0.6) is 11.5 Å². The number of nitro groups is 1. The van der Waals surface area contributed by atoms with Crippen LogP contribution < -0.4 is 14.5 Å². The van der Waals surface area contributed by atoms with Crippen molar-refractivity contribution in [1.82, 2.24) is 0 Å². The molecule has 3 fully saturated rings. The van der Waals surface area contributed by atoms with Gasteiger partial charge >= 0.3 is 0 Å². The lowest BCUT2D eigenvalue weighted by molar-refractivity contribution is -0.384. The Morgan fingerprint density at radius 3 is 2.22 bits per heavy atom. The first-order chi connectivity index (χ1) is 21.6. The second kappa shape index (κ2) is 10.1. The minimum absolute atomic E-state index is 0.158. The predicted octanol–water partition coefficient (Wildman–Crippen LogP) is 4.74. The zero-order chi connectivity index (χ0) is 31.8. The summed E-state index contributed by atoms with van der Waals surface area (Å²) in [5, 5.41) is 22.6. The number of hydrogen-bond acceptors (Lipinski definition) is 8. The number of allylic oxidation sites excluding steroid dienone is 2. The summed E-state index contributed by atoms with van der Waals surface area (Å²) in [6.07, 6.45) is 2.27. The number of imide groups is 2. The van der Waals surface area contributed by atoms with E-state index in [9.17, 15) is 34.4 Å². The van der Waals surface area contributed by atoms with E-state index in [0.29, 0.717) is 11.3 Å². The van der Waals surface area contributed by atoms with Crippen molar-refractivity contribution in [3.63, 3.8) is 0 Å². The summed E-state index contributed by atoms with van der Waals surface area (Å²) < 4.78 is 5.40. The molecular formula is C34H29N3O8. The average Bonchev–Trinajstić information content (AvgIpc) is 3.41. The number of amides is 4. The summed E-state index contributed by atoms with van der Waals surface area (Å²) in [7, 11) is 1.43. The van der Waals surface area contributed by atoms with Crippen molar-refractivity contribution in [3.05, 3.63) is 100 Å². The van der Waals surface area contributed by atoms with E-state index in [1.807, 2.05) is 6.08 Å². The van der Waals surface area contributed by atoms with Crippen LogP contribution in [0, 0.1) is 39.2 Å². The summed E-state index contributed by atoms with van der Waals surface area (Å²) in [4.78, 5) is 69.4. The molecule has 6 unspecified atom stereocenters. The van der Waals surface area contributed by atoms with Gasteiger partial charge in [0.1, 0.15) is 0 Å². The molecule has 1 saturated carbocycles. The Labute approximate surface area is 257 Å². The fourth-order valence-corrected chi connectivity index (χ4v) is 8.10. The van der Waals surface area contributed by atoms with Crippen LogP contribution in [0.1, 0.15) is 31.2 Å². The second-order valence-corrected chi connectivity index (χ2v) is 12.2. The minimum Gasteiger partial charge on any atom is -0.504 e. The first kappa shape index (κ1) is 28.5. The molecule has 6 atom stereocenters. The third-order valence-electron chi connectivity index (χ3n) is 10.2. The smallest absolute Gasteiger partial charge is 0.269 e. The van der Waals surface area contributed by atoms with Gasteiger partial charge in [-0.25, -0.2) is 4.90 Å². The monoisotopic (exact) mass is 607 g/mol. The Morgan fingerprint density at radius 2 is 1.56 bits per heavy atom. The lowest BCUT2D eigenvalue weighted by atomic mass is 9.51. The summed E-state index contributed by atoms with van der Waals surface area (Å²) >= 11 is 0. The maximum atomic E-state index is 14.4. The summed E-state index contributed by atoms with van der Waals surface area (Å²) in [6.45, 7) is 1.75. The molecule has 2 aliphatic carbocycles.